The van der Waals surface area contributed by atoms with Gasteiger partial charge in [-0.1, -0.05) is 29.8 Å². The van der Waals surface area contributed by atoms with Crippen LogP contribution >= 0.6 is 11.6 Å². The van der Waals surface area contributed by atoms with E-state index in [2.05, 4.69) is 27.4 Å². The van der Waals surface area contributed by atoms with E-state index in [-0.39, 0.29) is 5.91 Å². The molecular formula is C14H13ClN4O. The van der Waals surface area contributed by atoms with Crippen LogP contribution in [0.1, 0.15) is 10.4 Å². The fourth-order valence-electron chi connectivity index (χ4n) is 1.50. The standard InChI is InChI=1S/C14H13ClN4O/c1-2-9-16-12-7-8-13(19-18-12)17-14(20)10-5-3-4-6-11(10)15/h2-8H,1,9H2,(H,16,18)(H,17,19,20). The third kappa shape index (κ3) is 3.55. The minimum Gasteiger partial charge on any atom is -0.365 e. The maximum Gasteiger partial charge on any atom is 0.258 e. The van der Waals surface area contributed by atoms with Crippen molar-refractivity contribution in [3.05, 3.63) is 59.6 Å². The van der Waals surface area contributed by atoms with E-state index in [1.165, 1.54) is 0 Å². The van der Waals surface area contributed by atoms with Gasteiger partial charge in [-0.2, -0.15) is 0 Å². The minimum absolute atomic E-state index is 0.322. The summed E-state index contributed by atoms with van der Waals surface area (Å²) in [7, 11) is 0. The Kier molecular flexibility index (Phi) is 4.68. The van der Waals surface area contributed by atoms with Crippen molar-refractivity contribution in [3.8, 4) is 0 Å². The molecule has 2 rings (SSSR count). The van der Waals surface area contributed by atoms with Gasteiger partial charge in [-0.05, 0) is 24.3 Å². The monoisotopic (exact) mass is 288 g/mol. The number of rotatable bonds is 5. The zero-order valence-corrected chi connectivity index (χ0v) is 11.4. The second-order valence-electron chi connectivity index (χ2n) is 3.91. The summed E-state index contributed by atoms with van der Waals surface area (Å²) in [6.07, 6.45) is 1.72. The van der Waals surface area contributed by atoms with Gasteiger partial charge in [-0.3, -0.25) is 4.79 Å². The van der Waals surface area contributed by atoms with Crippen LogP contribution in [0.4, 0.5) is 11.6 Å². The van der Waals surface area contributed by atoms with Crippen molar-refractivity contribution in [2.45, 2.75) is 0 Å². The van der Waals surface area contributed by atoms with Gasteiger partial charge >= 0.3 is 0 Å². The Labute approximate surface area is 121 Å². The van der Waals surface area contributed by atoms with E-state index in [0.717, 1.165) is 0 Å². The lowest BCUT2D eigenvalue weighted by Crippen LogP contribution is -2.14. The van der Waals surface area contributed by atoms with Crippen LogP contribution in [-0.2, 0) is 0 Å². The van der Waals surface area contributed by atoms with Crippen molar-refractivity contribution in [3.63, 3.8) is 0 Å². The Morgan fingerprint density at radius 3 is 2.55 bits per heavy atom. The van der Waals surface area contributed by atoms with Crippen molar-refractivity contribution in [2.75, 3.05) is 17.2 Å². The highest BCUT2D eigenvalue weighted by molar-refractivity contribution is 6.34. The topological polar surface area (TPSA) is 66.9 Å². The predicted octanol–water partition coefficient (Wildman–Crippen LogP) is 2.98. The number of nitrogens with zero attached hydrogens (tertiary/aromatic N) is 2. The molecule has 20 heavy (non-hydrogen) atoms. The quantitative estimate of drug-likeness (QED) is 0.830. The SMILES string of the molecule is C=CCNc1ccc(NC(=O)c2ccccc2Cl)nn1. The van der Waals surface area contributed by atoms with Crippen LogP contribution < -0.4 is 10.6 Å². The molecule has 2 aromatic rings. The van der Waals surface area contributed by atoms with Gasteiger partial charge in [0.2, 0.25) is 0 Å². The zero-order chi connectivity index (χ0) is 14.4. The van der Waals surface area contributed by atoms with Crippen molar-refractivity contribution >= 4 is 29.1 Å². The van der Waals surface area contributed by atoms with Gasteiger partial charge in [0.1, 0.15) is 5.82 Å². The summed E-state index contributed by atoms with van der Waals surface area (Å²) < 4.78 is 0. The molecule has 0 radical (unpaired) electrons. The van der Waals surface area contributed by atoms with Gasteiger partial charge in [-0.25, -0.2) is 0 Å². The second-order valence-corrected chi connectivity index (χ2v) is 4.31. The number of carbonyl (C=O) groups is 1. The van der Waals surface area contributed by atoms with Gasteiger partial charge in [0.25, 0.3) is 5.91 Å². The number of aromatic nitrogens is 2. The van der Waals surface area contributed by atoms with Crippen LogP contribution in [0.3, 0.4) is 0 Å². The van der Waals surface area contributed by atoms with E-state index < -0.39 is 0 Å². The smallest absolute Gasteiger partial charge is 0.258 e. The molecule has 0 aliphatic heterocycles. The molecule has 0 aliphatic rings. The number of anilines is 2. The lowest BCUT2D eigenvalue weighted by molar-refractivity contribution is 0.102. The van der Waals surface area contributed by atoms with E-state index in [1.807, 2.05) is 0 Å². The Balaban J connectivity index is 2.05. The largest absolute Gasteiger partial charge is 0.365 e. The molecule has 0 atom stereocenters. The van der Waals surface area contributed by atoms with Crippen molar-refractivity contribution in [1.29, 1.82) is 0 Å². The fourth-order valence-corrected chi connectivity index (χ4v) is 1.72. The lowest BCUT2D eigenvalue weighted by atomic mass is 10.2. The molecule has 102 valence electrons. The molecule has 0 spiro atoms. The number of hydrogen-bond acceptors (Lipinski definition) is 4. The van der Waals surface area contributed by atoms with Crippen LogP contribution in [0.15, 0.2) is 49.1 Å². The highest BCUT2D eigenvalue weighted by Gasteiger charge is 2.10. The first-order chi connectivity index (χ1) is 9.70. The molecule has 1 aromatic carbocycles. The molecule has 1 amide bonds. The summed E-state index contributed by atoms with van der Waals surface area (Å²) in [5.41, 5.74) is 0.393. The molecule has 1 heterocycles. The van der Waals surface area contributed by atoms with Gasteiger partial charge in [-0.15, -0.1) is 16.8 Å². The molecule has 0 aliphatic carbocycles. The van der Waals surface area contributed by atoms with E-state index in [4.69, 9.17) is 11.6 Å². The van der Waals surface area contributed by atoms with E-state index in [9.17, 15) is 4.79 Å². The maximum atomic E-state index is 12.0. The maximum absolute atomic E-state index is 12.0. The Morgan fingerprint density at radius 2 is 1.90 bits per heavy atom. The Bertz CT molecular complexity index is 613. The summed E-state index contributed by atoms with van der Waals surface area (Å²) in [5, 5.41) is 13.9. The number of hydrogen-bond donors (Lipinski definition) is 2. The molecule has 6 heteroatoms. The van der Waals surface area contributed by atoms with Gasteiger partial charge in [0, 0.05) is 6.54 Å². The molecule has 5 nitrogen and oxygen atoms in total. The summed E-state index contributed by atoms with van der Waals surface area (Å²) in [4.78, 5) is 12.0. The molecule has 2 N–H and O–H groups in total. The first kappa shape index (κ1) is 14.0. The van der Waals surface area contributed by atoms with E-state index >= 15 is 0 Å². The van der Waals surface area contributed by atoms with Gasteiger partial charge < -0.3 is 10.6 Å². The molecule has 0 saturated carbocycles. The van der Waals surface area contributed by atoms with Gasteiger partial charge in [0.15, 0.2) is 5.82 Å². The summed E-state index contributed by atoms with van der Waals surface area (Å²) >= 11 is 5.95. The lowest BCUT2D eigenvalue weighted by Gasteiger charge is -2.06. The third-order valence-corrected chi connectivity index (χ3v) is 2.78. The van der Waals surface area contributed by atoms with E-state index in [1.54, 1.807) is 42.5 Å². The zero-order valence-electron chi connectivity index (χ0n) is 10.6. The molecule has 0 fully saturated rings. The van der Waals surface area contributed by atoms with Crippen LogP contribution in [-0.4, -0.2) is 22.6 Å². The molecule has 0 unspecified atom stereocenters. The fraction of sp³-hybridized carbons (Fsp3) is 0.0714. The number of carbonyl (C=O) groups excluding carboxylic acids is 1. The Hall–Kier alpha value is -2.40. The number of nitrogens with one attached hydrogen (secondary N) is 2. The minimum atomic E-state index is -0.322. The summed E-state index contributed by atoms with van der Waals surface area (Å²) in [6, 6.07) is 10.2. The third-order valence-electron chi connectivity index (χ3n) is 2.45. The summed E-state index contributed by atoms with van der Waals surface area (Å²) in [6.45, 7) is 4.19. The van der Waals surface area contributed by atoms with Crippen molar-refractivity contribution < 1.29 is 4.79 Å². The summed E-state index contributed by atoms with van der Waals surface area (Å²) in [5.74, 6) is 0.649. The first-order valence-corrected chi connectivity index (χ1v) is 6.33. The van der Waals surface area contributed by atoms with Gasteiger partial charge in [0.05, 0.1) is 10.6 Å². The van der Waals surface area contributed by atoms with Crippen LogP contribution in [0.5, 0.6) is 0 Å². The van der Waals surface area contributed by atoms with Crippen molar-refractivity contribution in [1.82, 2.24) is 10.2 Å². The highest BCUT2D eigenvalue weighted by atomic mass is 35.5. The normalized spacial score (nSPS) is 9.85. The highest BCUT2D eigenvalue weighted by Crippen LogP contribution is 2.16. The van der Waals surface area contributed by atoms with Crippen molar-refractivity contribution in [2.24, 2.45) is 0 Å². The van der Waals surface area contributed by atoms with Crippen LogP contribution in [0.2, 0.25) is 5.02 Å². The number of amides is 1. The van der Waals surface area contributed by atoms with Crippen LogP contribution in [0, 0.1) is 0 Å². The second kappa shape index (κ2) is 6.68. The predicted molar refractivity (Wildman–Crippen MR) is 80.1 cm³/mol. The number of benzene rings is 1. The average molecular weight is 289 g/mol. The molecule has 0 bridgehead atoms. The molecular weight excluding hydrogens is 276 g/mol. The first-order valence-electron chi connectivity index (χ1n) is 5.95. The molecule has 1 aromatic heterocycles. The number of halogens is 1. The molecule has 0 saturated heterocycles. The van der Waals surface area contributed by atoms with E-state index in [0.29, 0.717) is 28.8 Å². The Morgan fingerprint density at radius 1 is 1.20 bits per heavy atom. The van der Waals surface area contributed by atoms with Crippen LogP contribution in [0.25, 0.3) is 0 Å². The average Bonchev–Trinajstić information content (AvgIpc) is 2.47.